The summed E-state index contributed by atoms with van der Waals surface area (Å²) < 4.78 is 37.2. The minimum absolute atomic E-state index is 0.568. The van der Waals surface area contributed by atoms with Gasteiger partial charge in [0.2, 0.25) is 0 Å². The number of halogens is 3. The van der Waals surface area contributed by atoms with Crippen molar-refractivity contribution in [2.45, 2.75) is 55.5 Å². The molecular formula is C9H16F3S+. The van der Waals surface area contributed by atoms with Crippen LogP contribution in [0, 0.1) is 0 Å². The van der Waals surface area contributed by atoms with Gasteiger partial charge < -0.3 is 0 Å². The smallest absolute Gasteiger partial charge is 0.123 e. The molecular weight excluding hydrogens is 197 g/mol. The van der Waals surface area contributed by atoms with E-state index in [1.165, 1.54) is 0 Å². The Labute approximate surface area is 80.2 Å². The Bertz CT molecular complexity index is 189. The van der Waals surface area contributed by atoms with Gasteiger partial charge in [0, 0.05) is 12.8 Å². The zero-order chi connectivity index (χ0) is 10.5. The van der Waals surface area contributed by atoms with Crippen LogP contribution in [-0.2, 0) is 10.9 Å². The van der Waals surface area contributed by atoms with E-state index in [4.69, 9.17) is 0 Å². The number of hydrogen-bond donors (Lipinski definition) is 0. The maximum absolute atomic E-state index is 12.8. The maximum atomic E-state index is 12.8. The Morgan fingerprint density at radius 1 is 0.923 bits per heavy atom. The van der Waals surface area contributed by atoms with Crippen molar-refractivity contribution in [2.75, 3.05) is 0 Å². The third-order valence-electron chi connectivity index (χ3n) is 2.67. The van der Waals surface area contributed by atoms with E-state index in [0.717, 1.165) is 0 Å². The molecule has 0 radical (unpaired) electrons. The lowest BCUT2D eigenvalue weighted by Crippen LogP contribution is -2.46. The van der Waals surface area contributed by atoms with Crippen LogP contribution in [0.2, 0.25) is 0 Å². The summed E-state index contributed by atoms with van der Waals surface area (Å²) in [5, 5.41) is 0. The summed E-state index contributed by atoms with van der Waals surface area (Å²) in [6.07, 6.45) is 1.37. The Morgan fingerprint density at radius 2 is 1.23 bits per heavy atom. The van der Waals surface area contributed by atoms with Crippen LogP contribution in [0.4, 0.5) is 13.2 Å². The quantitative estimate of drug-likeness (QED) is 0.540. The number of alkyl halides is 3. The first-order chi connectivity index (χ1) is 5.57. The van der Waals surface area contributed by atoms with Gasteiger partial charge in [0.05, 0.1) is 0 Å². The fourth-order valence-electron chi connectivity index (χ4n) is 2.18. The molecule has 0 aromatic carbocycles. The van der Waals surface area contributed by atoms with E-state index in [9.17, 15) is 13.2 Å². The second-order valence-corrected chi connectivity index (χ2v) is 8.06. The van der Waals surface area contributed by atoms with Crippen LogP contribution < -0.4 is 0 Å². The van der Waals surface area contributed by atoms with E-state index < -0.39 is 25.9 Å². The van der Waals surface area contributed by atoms with E-state index >= 15 is 0 Å². The summed E-state index contributed by atoms with van der Waals surface area (Å²) >= 11 is 0. The number of hydrogen-bond acceptors (Lipinski definition) is 0. The Hall–Kier alpha value is 0.140. The molecule has 0 nitrogen and oxygen atoms in total. The number of rotatable bonds is 0. The Morgan fingerprint density at radius 3 is 1.38 bits per heavy atom. The van der Waals surface area contributed by atoms with Gasteiger partial charge in [0.25, 0.3) is 0 Å². The zero-order valence-electron chi connectivity index (χ0n) is 8.46. The van der Waals surface area contributed by atoms with Gasteiger partial charge in [-0.05, 0) is 27.7 Å². The van der Waals surface area contributed by atoms with Gasteiger partial charge in [0.1, 0.15) is 20.4 Å². The van der Waals surface area contributed by atoms with Crippen molar-refractivity contribution in [3.63, 3.8) is 0 Å². The molecule has 0 amide bonds. The molecule has 13 heavy (non-hydrogen) atoms. The average molecular weight is 213 g/mol. The first kappa shape index (κ1) is 11.2. The van der Waals surface area contributed by atoms with Crippen molar-refractivity contribution in [3.8, 4) is 0 Å². The van der Waals surface area contributed by atoms with Crippen molar-refractivity contribution in [3.05, 3.63) is 0 Å². The minimum Gasteiger partial charge on any atom is -0.123 e. The van der Waals surface area contributed by atoms with Crippen LogP contribution in [0.1, 0.15) is 40.5 Å². The molecule has 0 bridgehead atoms. The largest absolute Gasteiger partial charge is 0.575 e. The fraction of sp³-hybridized carbons (Fsp3) is 1.00. The van der Waals surface area contributed by atoms with E-state index in [1.54, 1.807) is 27.7 Å². The summed E-state index contributed by atoms with van der Waals surface area (Å²) in [5.74, 6) is 0. The molecule has 0 N–H and O–H groups in total. The van der Waals surface area contributed by atoms with E-state index in [1.807, 2.05) is 0 Å². The maximum Gasteiger partial charge on any atom is 0.575 e. The lowest BCUT2D eigenvalue weighted by Gasteiger charge is -2.26. The van der Waals surface area contributed by atoms with Crippen molar-refractivity contribution in [1.29, 1.82) is 0 Å². The van der Waals surface area contributed by atoms with Gasteiger partial charge in [-0.15, -0.1) is 13.2 Å². The molecule has 1 aliphatic heterocycles. The predicted molar refractivity (Wildman–Crippen MR) is 50.8 cm³/mol. The lowest BCUT2D eigenvalue weighted by molar-refractivity contribution is -0.0392. The highest BCUT2D eigenvalue weighted by Gasteiger charge is 2.70. The van der Waals surface area contributed by atoms with Gasteiger partial charge in [-0.25, -0.2) is 0 Å². The van der Waals surface area contributed by atoms with Gasteiger partial charge >= 0.3 is 5.51 Å². The molecule has 1 saturated heterocycles. The van der Waals surface area contributed by atoms with E-state index in [0.29, 0.717) is 12.8 Å². The summed E-state index contributed by atoms with van der Waals surface area (Å²) in [5.41, 5.74) is -4.02. The molecule has 1 heterocycles. The van der Waals surface area contributed by atoms with Crippen LogP contribution in [0.15, 0.2) is 0 Å². The van der Waals surface area contributed by atoms with Crippen molar-refractivity contribution in [1.82, 2.24) is 0 Å². The molecule has 1 rings (SSSR count). The highest BCUT2D eigenvalue weighted by molar-refractivity contribution is 8.00. The highest BCUT2D eigenvalue weighted by Crippen LogP contribution is 2.52. The molecule has 0 aromatic heterocycles. The Kier molecular flexibility index (Phi) is 2.43. The van der Waals surface area contributed by atoms with Crippen LogP contribution in [0.5, 0.6) is 0 Å². The molecule has 0 aromatic rings. The van der Waals surface area contributed by atoms with Crippen molar-refractivity contribution >= 4 is 10.9 Å². The molecule has 0 spiro atoms. The molecule has 0 saturated carbocycles. The molecule has 0 atom stereocenters. The standard InChI is InChI=1S/C9H16F3S/c1-7(2)5-6-8(3,4)13(7)9(10,11)12/h5-6H2,1-4H3/q+1. The van der Waals surface area contributed by atoms with Crippen LogP contribution in [0.25, 0.3) is 0 Å². The SMILES string of the molecule is CC1(C)CCC(C)(C)[S+]1C(F)(F)F. The molecule has 1 aliphatic rings. The first-order valence-corrected chi connectivity index (χ1v) is 5.61. The van der Waals surface area contributed by atoms with Gasteiger partial charge in [-0.2, -0.15) is 0 Å². The topological polar surface area (TPSA) is 0 Å². The lowest BCUT2D eigenvalue weighted by atomic mass is 10.0. The highest BCUT2D eigenvalue weighted by atomic mass is 32.2. The molecule has 0 unspecified atom stereocenters. The summed E-state index contributed by atoms with van der Waals surface area (Å²) in [7, 11) is -1.47. The average Bonchev–Trinajstić information content (AvgIpc) is 1.98. The van der Waals surface area contributed by atoms with E-state index in [-0.39, 0.29) is 0 Å². The third kappa shape index (κ3) is 1.97. The van der Waals surface area contributed by atoms with Crippen molar-refractivity contribution < 1.29 is 13.2 Å². The Balaban J connectivity index is 3.02. The summed E-state index contributed by atoms with van der Waals surface area (Å²) in [4.78, 5) is 0. The second kappa shape index (κ2) is 2.81. The molecule has 1 fully saturated rings. The zero-order valence-corrected chi connectivity index (χ0v) is 9.27. The van der Waals surface area contributed by atoms with Gasteiger partial charge in [0.15, 0.2) is 0 Å². The first-order valence-electron chi connectivity index (χ1n) is 4.39. The van der Waals surface area contributed by atoms with Gasteiger partial charge in [-0.3, -0.25) is 0 Å². The fourth-order valence-corrected chi connectivity index (χ4v) is 5.54. The minimum atomic E-state index is -4.02. The van der Waals surface area contributed by atoms with Crippen molar-refractivity contribution in [2.24, 2.45) is 0 Å². The summed E-state index contributed by atoms with van der Waals surface area (Å²) in [6, 6.07) is 0. The predicted octanol–water partition coefficient (Wildman–Crippen LogP) is 3.48. The second-order valence-electron chi connectivity index (χ2n) is 4.77. The van der Waals surface area contributed by atoms with Gasteiger partial charge in [-0.1, -0.05) is 0 Å². The third-order valence-corrected chi connectivity index (χ3v) is 5.75. The van der Waals surface area contributed by atoms with E-state index in [2.05, 4.69) is 0 Å². The molecule has 0 aliphatic carbocycles. The molecule has 4 heteroatoms. The summed E-state index contributed by atoms with van der Waals surface area (Å²) in [6.45, 7) is 6.94. The van der Waals surface area contributed by atoms with Crippen LogP contribution >= 0.6 is 0 Å². The molecule has 78 valence electrons. The van der Waals surface area contributed by atoms with Crippen LogP contribution in [-0.4, -0.2) is 15.0 Å². The monoisotopic (exact) mass is 213 g/mol. The van der Waals surface area contributed by atoms with Crippen LogP contribution in [0.3, 0.4) is 0 Å². The normalized spacial score (nSPS) is 27.9.